The van der Waals surface area contributed by atoms with Crippen LogP contribution in [0.4, 0.5) is 4.79 Å². The van der Waals surface area contributed by atoms with Crippen LogP contribution in [0.2, 0.25) is 0 Å². The van der Waals surface area contributed by atoms with Gasteiger partial charge in [0.2, 0.25) is 5.52 Å². The van der Waals surface area contributed by atoms with Crippen LogP contribution in [0.15, 0.2) is 42.6 Å². The average molecular weight is 718 g/mol. The number of unbranched alkanes of at least 4 members (excludes halogenated alkanes) is 16. The molecule has 0 saturated heterocycles. The standard InChI is InChI=1S/C40H64N2O4.BrH/c1-2-3-4-5-6-7-8-9-10-11-12-13-14-15-16-22-31-41-39(44)46-35-40(29-20-21-30-40)34-45-38(43)28-19-23-32-42-33-24-26-36-25-17-18-27-37(36)42;/h17-18,24-27,33H,2-16,19-23,28-32,34-35H2,1H3;1H. The minimum absolute atomic E-state index is 0. The summed E-state index contributed by atoms with van der Waals surface area (Å²) in [5.74, 6) is -0.151. The summed E-state index contributed by atoms with van der Waals surface area (Å²) in [4.78, 5) is 24.9. The molecular formula is C40H65BrN2O4. The molecule has 0 spiro atoms. The van der Waals surface area contributed by atoms with Crippen LogP contribution in [0.3, 0.4) is 0 Å². The number of para-hydroxylation sites is 1. The van der Waals surface area contributed by atoms with Gasteiger partial charge >= 0.3 is 12.1 Å². The van der Waals surface area contributed by atoms with Crippen molar-refractivity contribution in [3.63, 3.8) is 0 Å². The zero-order valence-corrected chi connectivity index (χ0v) is 31.2. The van der Waals surface area contributed by atoms with Gasteiger partial charge in [0.05, 0.1) is 0 Å². The van der Waals surface area contributed by atoms with E-state index in [2.05, 4.69) is 59.4 Å². The van der Waals surface area contributed by atoms with Gasteiger partial charge in [0.25, 0.3) is 0 Å². The van der Waals surface area contributed by atoms with Crippen molar-refractivity contribution in [2.45, 2.75) is 161 Å². The molecule has 0 atom stereocenters. The number of ether oxygens (including phenoxy) is 2. The van der Waals surface area contributed by atoms with Gasteiger partial charge in [-0.05, 0) is 37.8 Å². The fourth-order valence-electron chi connectivity index (χ4n) is 6.86. The molecular weight excluding hydrogens is 652 g/mol. The molecule has 1 aliphatic carbocycles. The Kier molecular flexibility index (Phi) is 22.5. The maximum absolute atomic E-state index is 12.5. The van der Waals surface area contributed by atoms with E-state index < -0.39 is 0 Å². The van der Waals surface area contributed by atoms with E-state index in [0.717, 1.165) is 57.9 Å². The summed E-state index contributed by atoms with van der Waals surface area (Å²) in [7, 11) is 0. The smallest absolute Gasteiger partial charge is 0.407 e. The van der Waals surface area contributed by atoms with E-state index in [0.29, 0.717) is 26.2 Å². The van der Waals surface area contributed by atoms with Crippen molar-refractivity contribution in [2.24, 2.45) is 5.41 Å². The van der Waals surface area contributed by atoms with Crippen LogP contribution in [-0.2, 0) is 20.8 Å². The van der Waals surface area contributed by atoms with E-state index in [1.807, 2.05) is 0 Å². The number of alkyl carbamates (subject to hydrolysis) is 1. The number of pyridine rings is 1. The summed E-state index contributed by atoms with van der Waals surface area (Å²) >= 11 is 0. The van der Waals surface area contributed by atoms with Crippen LogP contribution >= 0.6 is 0 Å². The van der Waals surface area contributed by atoms with Crippen molar-refractivity contribution in [1.29, 1.82) is 0 Å². The molecule has 0 aliphatic heterocycles. The third-order valence-electron chi connectivity index (χ3n) is 9.83. The van der Waals surface area contributed by atoms with Gasteiger partial charge in [-0.2, -0.15) is 4.57 Å². The van der Waals surface area contributed by atoms with Crippen molar-refractivity contribution in [2.75, 3.05) is 19.8 Å². The molecule has 0 bridgehead atoms. The van der Waals surface area contributed by atoms with Gasteiger partial charge in [-0.1, -0.05) is 128 Å². The third-order valence-corrected chi connectivity index (χ3v) is 9.83. The first-order valence-corrected chi connectivity index (χ1v) is 19.1. The topological polar surface area (TPSA) is 68.5 Å². The lowest BCUT2D eigenvalue weighted by atomic mass is 9.88. The molecule has 3 rings (SSSR count). The number of hydrogen-bond donors (Lipinski definition) is 1. The van der Waals surface area contributed by atoms with Gasteiger partial charge in [0.1, 0.15) is 19.8 Å². The second-order valence-electron chi connectivity index (χ2n) is 13.9. The zero-order chi connectivity index (χ0) is 32.5. The van der Waals surface area contributed by atoms with Gasteiger partial charge in [0.15, 0.2) is 6.20 Å². The molecule has 1 amide bonds. The monoisotopic (exact) mass is 716 g/mol. The number of fused-ring (bicyclic) bond motifs is 1. The molecule has 1 fully saturated rings. The molecule has 1 aromatic carbocycles. The second-order valence-corrected chi connectivity index (χ2v) is 13.9. The van der Waals surface area contributed by atoms with E-state index in [1.165, 1.54) is 101 Å². The Morgan fingerprint density at radius 2 is 1.26 bits per heavy atom. The highest BCUT2D eigenvalue weighted by Gasteiger charge is 2.37. The number of aromatic nitrogens is 1. The Bertz CT molecular complexity index is 1100. The molecule has 1 saturated carbocycles. The van der Waals surface area contributed by atoms with Gasteiger partial charge in [-0.15, -0.1) is 0 Å². The first kappa shape index (κ1) is 41.0. The predicted octanol–water partition coefficient (Wildman–Crippen LogP) is 7.39. The maximum Gasteiger partial charge on any atom is 0.407 e. The lowest BCUT2D eigenvalue weighted by Gasteiger charge is -2.27. The van der Waals surface area contributed by atoms with Gasteiger partial charge in [0, 0.05) is 42.3 Å². The minimum atomic E-state index is -0.343. The van der Waals surface area contributed by atoms with Crippen LogP contribution < -0.4 is 26.9 Å². The van der Waals surface area contributed by atoms with Crippen LogP contribution in [0.5, 0.6) is 0 Å². The van der Waals surface area contributed by atoms with Crippen LogP contribution in [0.25, 0.3) is 10.9 Å². The number of halogens is 1. The van der Waals surface area contributed by atoms with Crippen molar-refractivity contribution in [3.8, 4) is 0 Å². The molecule has 1 aliphatic rings. The number of nitrogens with one attached hydrogen (secondary N) is 1. The van der Waals surface area contributed by atoms with Crippen molar-refractivity contribution in [1.82, 2.24) is 5.32 Å². The first-order valence-electron chi connectivity index (χ1n) is 19.1. The molecule has 266 valence electrons. The molecule has 2 aromatic rings. The highest BCUT2D eigenvalue weighted by atomic mass is 79.9. The van der Waals surface area contributed by atoms with E-state index >= 15 is 0 Å². The number of esters is 1. The summed E-state index contributed by atoms with van der Waals surface area (Å²) < 4.78 is 13.6. The summed E-state index contributed by atoms with van der Waals surface area (Å²) in [6.45, 7) is 4.49. The summed E-state index contributed by atoms with van der Waals surface area (Å²) in [6.07, 6.45) is 29.4. The largest absolute Gasteiger partial charge is 1.00 e. The van der Waals surface area contributed by atoms with Gasteiger partial charge in [-0.3, -0.25) is 4.79 Å². The Hall–Kier alpha value is -2.15. The Morgan fingerprint density at radius 3 is 1.89 bits per heavy atom. The number of nitrogens with zero attached hydrogens (tertiary/aromatic N) is 1. The number of rotatable bonds is 26. The summed E-state index contributed by atoms with van der Waals surface area (Å²) in [6, 6.07) is 12.6. The predicted molar refractivity (Wildman–Crippen MR) is 189 cm³/mol. The molecule has 1 heterocycles. The molecule has 7 heteroatoms. The van der Waals surface area contributed by atoms with E-state index in [-0.39, 0.29) is 34.5 Å². The second kappa shape index (κ2) is 25.8. The molecule has 1 N–H and O–H groups in total. The maximum atomic E-state index is 12.5. The van der Waals surface area contributed by atoms with Crippen molar-refractivity contribution in [3.05, 3.63) is 42.6 Å². The highest BCUT2D eigenvalue weighted by Crippen LogP contribution is 2.38. The summed E-state index contributed by atoms with van der Waals surface area (Å²) in [5.41, 5.74) is 0.977. The molecule has 0 radical (unpaired) electrons. The summed E-state index contributed by atoms with van der Waals surface area (Å²) in [5, 5.41) is 4.15. The third kappa shape index (κ3) is 17.7. The number of benzene rings is 1. The molecule has 0 unspecified atom stereocenters. The molecule has 1 aromatic heterocycles. The van der Waals surface area contributed by atoms with Gasteiger partial charge in [-0.25, -0.2) is 4.79 Å². The molecule has 6 nitrogen and oxygen atoms in total. The lowest BCUT2D eigenvalue weighted by Crippen LogP contribution is -3.00. The van der Waals surface area contributed by atoms with Crippen LogP contribution in [0, 0.1) is 5.41 Å². The average Bonchev–Trinajstić information content (AvgIpc) is 3.55. The number of carbonyl (C=O) groups excluding carboxylic acids is 2. The Labute approximate surface area is 296 Å². The van der Waals surface area contributed by atoms with Crippen molar-refractivity contribution >= 4 is 23.0 Å². The van der Waals surface area contributed by atoms with Crippen LogP contribution in [-0.4, -0.2) is 31.8 Å². The van der Waals surface area contributed by atoms with E-state index in [1.54, 1.807) is 0 Å². The zero-order valence-electron chi connectivity index (χ0n) is 29.6. The van der Waals surface area contributed by atoms with E-state index in [4.69, 9.17) is 9.47 Å². The SMILES string of the molecule is CCCCCCCCCCCCCCCCCCNC(=O)OCC1(COC(=O)CCCC[n+]2cccc3ccccc32)CCCC1.[Br-]. The number of aryl methyl sites for hydroxylation is 1. The van der Waals surface area contributed by atoms with E-state index in [9.17, 15) is 9.59 Å². The van der Waals surface area contributed by atoms with Crippen molar-refractivity contribution < 1.29 is 40.6 Å². The Balaban J connectivity index is 0.00000768. The number of carbonyl (C=O) groups is 2. The van der Waals surface area contributed by atoms with Crippen LogP contribution in [0.1, 0.15) is 155 Å². The molecule has 47 heavy (non-hydrogen) atoms. The minimum Gasteiger partial charge on any atom is -1.00 e. The number of amides is 1. The Morgan fingerprint density at radius 1 is 0.702 bits per heavy atom. The lowest BCUT2D eigenvalue weighted by molar-refractivity contribution is -0.671. The number of hydrogen-bond acceptors (Lipinski definition) is 4. The first-order chi connectivity index (χ1) is 22.6. The normalized spacial score (nSPS) is 13.7. The fourth-order valence-corrected chi connectivity index (χ4v) is 6.86. The highest BCUT2D eigenvalue weighted by molar-refractivity contribution is 5.75. The quantitative estimate of drug-likeness (QED) is 0.0627. The fraction of sp³-hybridized carbons (Fsp3) is 0.725. The van der Waals surface area contributed by atoms with Gasteiger partial charge < -0.3 is 31.8 Å².